The molecule has 0 saturated heterocycles. The minimum absolute atomic E-state index is 0.106. The summed E-state index contributed by atoms with van der Waals surface area (Å²) in [5.41, 5.74) is 6.56. The summed E-state index contributed by atoms with van der Waals surface area (Å²) < 4.78 is 5.04. The Balaban J connectivity index is 2.84. The Bertz CT molecular complexity index is 460. The number of rotatable bonds is 7. The molecule has 0 radical (unpaired) electrons. The van der Waals surface area contributed by atoms with Crippen molar-refractivity contribution < 1.29 is 9.53 Å². The number of hydrogen-bond donors (Lipinski definition) is 1. The van der Waals surface area contributed by atoms with Gasteiger partial charge in [-0.3, -0.25) is 9.78 Å². The lowest BCUT2D eigenvalue weighted by Crippen LogP contribution is -2.37. The van der Waals surface area contributed by atoms with Gasteiger partial charge in [-0.2, -0.15) is 0 Å². The van der Waals surface area contributed by atoms with Crippen molar-refractivity contribution in [2.75, 3.05) is 26.8 Å². The molecule has 0 aliphatic heterocycles. The highest BCUT2D eigenvalue weighted by molar-refractivity contribution is 7.80. The first-order valence-electron chi connectivity index (χ1n) is 6.49. The van der Waals surface area contributed by atoms with Crippen LogP contribution in [0.1, 0.15) is 29.9 Å². The number of carbonyl (C=O) groups excluding carboxylic acids is 1. The van der Waals surface area contributed by atoms with Crippen LogP contribution < -0.4 is 5.73 Å². The molecule has 110 valence electrons. The van der Waals surface area contributed by atoms with Gasteiger partial charge in [0.1, 0.15) is 10.7 Å². The van der Waals surface area contributed by atoms with Crippen LogP contribution in [0.4, 0.5) is 0 Å². The number of nitrogens with zero attached hydrogens (tertiary/aromatic N) is 2. The fraction of sp³-hybridized carbons (Fsp3) is 0.500. The van der Waals surface area contributed by atoms with Crippen molar-refractivity contribution in [3.63, 3.8) is 0 Å². The standard InChI is InChI=1S/C14H21N3O2S/c1-10(2)9-17(6-7-19-3)14(18)12-5-4-11(8-16-12)13(15)20/h4-5,8,10H,6-7,9H2,1-3H3,(H2,15,20). The molecule has 0 atom stereocenters. The predicted molar refractivity (Wildman–Crippen MR) is 82.7 cm³/mol. The van der Waals surface area contributed by atoms with E-state index < -0.39 is 0 Å². The Morgan fingerprint density at radius 1 is 1.50 bits per heavy atom. The van der Waals surface area contributed by atoms with E-state index in [1.165, 1.54) is 6.20 Å². The maximum absolute atomic E-state index is 12.4. The number of pyridine rings is 1. The summed E-state index contributed by atoms with van der Waals surface area (Å²) in [6, 6.07) is 3.36. The molecule has 0 unspecified atom stereocenters. The minimum atomic E-state index is -0.106. The lowest BCUT2D eigenvalue weighted by atomic mass is 10.2. The van der Waals surface area contributed by atoms with Crippen LogP contribution in [0.2, 0.25) is 0 Å². The first-order valence-corrected chi connectivity index (χ1v) is 6.90. The maximum Gasteiger partial charge on any atom is 0.272 e. The molecular formula is C14H21N3O2S. The van der Waals surface area contributed by atoms with Crippen molar-refractivity contribution in [1.82, 2.24) is 9.88 Å². The predicted octanol–water partition coefficient (Wildman–Crippen LogP) is 1.46. The summed E-state index contributed by atoms with van der Waals surface area (Å²) in [5, 5.41) is 0. The zero-order valence-electron chi connectivity index (χ0n) is 12.1. The second-order valence-corrected chi connectivity index (χ2v) is 5.37. The van der Waals surface area contributed by atoms with Gasteiger partial charge in [0, 0.05) is 32.0 Å². The third-order valence-corrected chi connectivity index (χ3v) is 2.94. The van der Waals surface area contributed by atoms with Crippen molar-refractivity contribution in [2.45, 2.75) is 13.8 Å². The van der Waals surface area contributed by atoms with E-state index in [1.807, 2.05) is 0 Å². The van der Waals surface area contributed by atoms with E-state index in [4.69, 9.17) is 22.7 Å². The zero-order chi connectivity index (χ0) is 15.1. The van der Waals surface area contributed by atoms with Crippen LogP contribution >= 0.6 is 12.2 Å². The molecule has 0 spiro atoms. The Kier molecular flexibility index (Phi) is 6.54. The monoisotopic (exact) mass is 295 g/mol. The van der Waals surface area contributed by atoms with E-state index >= 15 is 0 Å². The molecule has 2 N–H and O–H groups in total. The van der Waals surface area contributed by atoms with Gasteiger partial charge in [0.25, 0.3) is 5.91 Å². The third-order valence-electron chi connectivity index (χ3n) is 2.71. The quantitative estimate of drug-likeness (QED) is 0.771. The molecule has 0 aliphatic carbocycles. The Labute approximate surface area is 125 Å². The molecule has 1 aromatic heterocycles. The summed E-state index contributed by atoms with van der Waals surface area (Å²) in [7, 11) is 1.62. The van der Waals surface area contributed by atoms with Gasteiger partial charge in [0.2, 0.25) is 0 Å². The largest absolute Gasteiger partial charge is 0.389 e. The SMILES string of the molecule is COCCN(CC(C)C)C(=O)c1ccc(C(N)=S)cn1. The van der Waals surface area contributed by atoms with Crippen LogP contribution in [-0.4, -0.2) is 47.6 Å². The molecule has 0 saturated carbocycles. The highest BCUT2D eigenvalue weighted by atomic mass is 32.1. The van der Waals surface area contributed by atoms with Gasteiger partial charge in [0.05, 0.1) is 6.61 Å². The highest BCUT2D eigenvalue weighted by Crippen LogP contribution is 2.07. The molecule has 0 aliphatic rings. The smallest absolute Gasteiger partial charge is 0.272 e. The number of methoxy groups -OCH3 is 1. The third kappa shape index (κ3) is 4.86. The van der Waals surface area contributed by atoms with Crippen molar-refractivity contribution in [2.24, 2.45) is 11.7 Å². The molecule has 20 heavy (non-hydrogen) atoms. The van der Waals surface area contributed by atoms with Crippen LogP contribution in [0.3, 0.4) is 0 Å². The Morgan fingerprint density at radius 3 is 2.65 bits per heavy atom. The lowest BCUT2D eigenvalue weighted by molar-refractivity contribution is 0.0666. The summed E-state index contributed by atoms with van der Waals surface area (Å²) in [6.07, 6.45) is 1.53. The molecule has 1 rings (SSSR count). The van der Waals surface area contributed by atoms with E-state index in [9.17, 15) is 4.79 Å². The molecular weight excluding hydrogens is 274 g/mol. The van der Waals surface area contributed by atoms with E-state index in [2.05, 4.69) is 18.8 Å². The van der Waals surface area contributed by atoms with Crippen molar-refractivity contribution in [3.05, 3.63) is 29.6 Å². The van der Waals surface area contributed by atoms with Gasteiger partial charge in [-0.15, -0.1) is 0 Å². The summed E-state index contributed by atoms with van der Waals surface area (Å²) in [5.74, 6) is 0.275. The molecule has 6 heteroatoms. The van der Waals surface area contributed by atoms with E-state index in [1.54, 1.807) is 24.1 Å². The van der Waals surface area contributed by atoms with E-state index in [-0.39, 0.29) is 10.9 Å². The van der Waals surface area contributed by atoms with Crippen LogP contribution in [0.5, 0.6) is 0 Å². The minimum Gasteiger partial charge on any atom is -0.389 e. The number of thiocarbonyl (C=S) groups is 1. The summed E-state index contributed by atoms with van der Waals surface area (Å²) in [6.45, 7) is 5.85. The van der Waals surface area contributed by atoms with Gasteiger partial charge >= 0.3 is 0 Å². The topological polar surface area (TPSA) is 68.5 Å². The van der Waals surface area contributed by atoms with Crippen LogP contribution in [-0.2, 0) is 4.74 Å². The van der Waals surface area contributed by atoms with Crippen LogP contribution in [0, 0.1) is 5.92 Å². The van der Waals surface area contributed by atoms with Crippen molar-refractivity contribution >= 4 is 23.1 Å². The number of hydrogen-bond acceptors (Lipinski definition) is 4. The fourth-order valence-electron chi connectivity index (χ4n) is 1.75. The van der Waals surface area contributed by atoms with E-state index in [0.29, 0.717) is 36.9 Å². The van der Waals surface area contributed by atoms with Gasteiger partial charge < -0.3 is 15.4 Å². The van der Waals surface area contributed by atoms with Crippen LogP contribution in [0.25, 0.3) is 0 Å². The van der Waals surface area contributed by atoms with Gasteiger partial charge in [0.15, 0.2) is 0 Å². The van der Waals surface area contributed by atoms with Crippen LogP contribution in [0.15, 0.2) is 18.3 Å². The summed E-state index contributed by atoms with van der Waals surface area (Å²) in [4.78, 5) is 18.6. The van der Waals surface area contributed by atoms with Gasteiger partial charge in [-0.1, -0.05) is 26.1 Å². The molecule has 0 bridgehead atoms. The molecule has 1 heterocycles. The van der Waals surface area contributed by atoms with Gasteiger partial charge in [-0.05, 0) is 18.1 Å². The number of amides is 1. The molecule has 0 aromatic carbocycles. The van der Waals surface area contributed by atoms with Gasteiger partial charge in [-0.25, -0.2) is 0 Å². The lowest BCUT2D eigenvalue weighted by Gasteiger charge is -2.24. The highest BCUT2D eigenvalue weighted by Gasteiger charge is 2.17. The van der Waals surface area contributed by atoms with Crippen molar-refractivity contribution in [3.8, 4) is 0 Å². The second-order valence-electron chi connectivity index (χ2n) is 4.93. The zero-order valence-corrected chi connectivity index (χ0v) is 12.9. The fourth-order valence-corrected chi connectivity index (χ4v) is 1.87. The number of ether oxygens (including phenoxy) is 1. The maximum atomic E-state index is 12.4. The Morgan fingerprint density at radius 2 is 2.20 bits per heavy atom. The normalized spacial score (nSPS) is 10.6. The second kappa shape index (κ2) is 7.91. The molecule has 0 fully saturated rings. The number of carbonyl (C=O) groups is 1. The summed E-state index contributed by atoms with van der Waals surface area (Å²) >= 11 is 4.86. The average molecular weight is 295 g/mol. The number of aromatic nitrogens is 1. The first-order chi connectivity index (χ1) is 9.45. The molecule has 1 amide bonds. The number of nitrogens with two attached hydrogens (primary N) is 1. The van der Waals surface area contributed by atoms with Crippen molar-refractivity contribution in [1.29, 1.82) is 0 Å². The Hall–Kier alpha value is -1.53. The first kappa shape index (κ1) is 16.5. The van der Waals surface area contributed by atoms with E-state index in [0.717, 1.165) is 0 Å². The average Bonchev–Trinajstić information content (AvgIpc) is 2.42. The molecule has 5 nitrogen and oxygen atoms in total. The molecule has 1 aromatic rings.